The zero-order valence-corrected chi connectivity index (χ0v) is 33.4. The van der Waals surface area contributed by atoms with Crippen molar-refractivity contribution in [3.05, 3.63) is 203 Å². The lowest BCUT2D eigenvalue weighted by Crippen LogP contribution is -2.02. The van der Waals surface area contributed by atoms with Crippen molar-refractivity contribution >= 4 is 29.4 Å². The highest BCUT2D eigenvalue weighted by molar-refractivity contribution is 6.02. The summed E-state index contributed by atoms with van der Waals surface area (Å²) < 4.78 is 0. The van der Waals surface area contributed by atoms with Crippen LogP contribution in [0.3, 0.4) is 0 Å². The number of aromatic nitrogens is 3. The third-order valence-corrected chi connectivity index (χ3v) is 10.7. The van der Waals surface area contributed by atoms with Crippen LogP contribution in [0.2, 0.25) is 0 Å². The van der Waals surface area contributed by atoms with Crippen LogP contribution < -0.4 is 0 Å². The molecule has 0 radical (unpaired) electrons. The van der Waals surface area contributed by atoms with Gasteiger partial charge in [0.25, 0.3) is 0 Å². The second kappa shape index (κ2) is 16.9. The van der Waals surface area contributed by atoms with Crippen LogP contribution in [0.5, 0.6) is 0 Å². The average Bonchev–Trinajstić information content (AvgIpc) is 3.27. The Bertz CT molecular complexity index is 2770. The summed E-state index contributed by atoms with van der Waals surface area (Å²) >= 11 is 0. The third-order valence-electron chi connectivity index (χ3n) is 10.7. The van der Waals surface area contributed by atoms with E-state index in [0.717, 1.165) is 33.4 Å². The van der Waals surface area contributed by atoms with Crippen LogP contribution in [-0.2, 0) is 6.54 Å². The van der Waals surface area contributed by atoms with E-state index in [1.807, 2.05) is 30.3 Å². The van der Waals surface area contributed by atoms with Gasteiger partial charge < -0.3 is 0 Å². The number of aryl methyl sites for hydroxylation is 2. The van der Waals surface area contributed by atoms with Crippen molar-refractivity contribution in [2.75, 3.05) is 0 Å². The third kappa shape index (κ3) is 8.07. The van der Waals surface area contributed by atoms with Crippen molar-refractivity contribution in [3.8, 4) is 45.3 Å². The van der Waals surface area contributed by atoms with Gasteiger partial charge in [-0.25, -0.2) is 19.9 Å². The van der Waals surface area contributed by atoms with E-state index >= 15 is 0 Å². The van der Waals surface area contributed by atoms with E-state index in [1.165, 1.54) is 44.2 Å². The minimum absolute atomic E-state index is 0.156. The molecule has 0 bridgehead atoms. The normalized spacial score (nSPS) is 12.2. The summed E-state index contributed by atoms with van der Waals surface area (Å²) in [6, 6.07) is 55.2. The molecular formula is C53H45N5. The molecular weight excluding hydrogens is 707 g/mol. The van der Waals surface area contributed by atoms with Crippen LogP contribution in [0, 0.1) is 13.8 Å². The van der Waals surface area contributed by atoms with Crippen molar-refractivity contribution in [2.24, 2.45) is 9.98 Å². The first kappa shape index (κ1) is 37.8. The molecule has 8 aromatic rings. The van der Waals surface area contributed by atoms with Crippen molar-refractivity contribution in [1.29, 1.82) is 0 Å². The Hall–Kier alpha value is -7.11. The fraction of sp³-hybridized carbons (Fsp3) is 0.113. The van der Waals surface area contributed by atoms with E-state index in [2.05, 4.69) is 179 Å². The molecule has 5 nitrogen and oxygen atoms in total. The molecule has 0 aliphatic heterocycles. The topological polar surface area (TPSA) is 63.4 Å². The Morgan fingerprint density at radius 2 is 1.16 bits per heavy atom. The van der Waals surface area contributed by atoms with Crippen LogP contribution in [-0.4, -0.2) is 27.5 Å². The summed E-state index contributed by atoms with van der Waals surface area (Å²) in [7, 11) is 0. The van der Waals surface area contributed by atoms with E-state index in [-0.39, 0.29) is 5.92 Å². The Balaban J connectivity index is 1.09. The van der Waals surface area contributed by atoms with Crippen molar-refractivity contribution in [3.63, 3.8) is 0 Å². The maximum atomic E-state index is 4.96. The molecule has 5 heteroatoms. The van der Waals surface area contributed by atoms with Gasteiger partial charge in [-0.15, -0.1) is 0 Å². The summed E-state index contributed by atoms with van der Waals surface area (Å²) in [5, 5.41) is 2.42. The summed E-state index contributed by atoms with van der Waals surface area (Å²) in [6.07, 6.45) is 4.37. The van der Waals surface area contributed by atoms with Gasteiger partial charge in [0.15, 0.2) is 23.3 Å². The number of hydrogen-bond donors (Lipinski definition) is 0. The van der Waals surface area contributed by atoms with Gasteiger partial charge in [-0.2, -0.15) is 0 Å². The lowest BCUT2D eigenvalue weighted by atomic mass is 9.85. The number of hydrogen-bond acceptors (Lipinski definition) is 4. The quantitative estimate of drug-likeness (QED) is 0.103. The standard InChI is InChI=1S/C53H45N5/c1-6-11-47-45(37(4)39-24-28-42(29-25-39)50(54-5)55-34-38-20-16-35(2)17-21-38)32-33-49-46(14-10-15-48(47)49)40-26-30-44(31-27-40)53-57-51(41-12-8-7-9-13-41)56-52(58-53)43-22-18-36(3)19-23-43/h6-33,37H,5,34H2,1-4H3/b11-6-,55-50?. The molecule has 1 atom stereocenters. The molecule has 7 aromatic carbocycles. The summed E-state index contributed by atoms with van der Waals surface area (Å²) in [5.41, 5.74) is 13.4. The highest BCUT2D eigenvalue weighted by atomic mass is 15.0. The molecule has 1 heterocycles. The van der Waals surface area contributed by atoms with Crippen molar-refractivity contribution < 1.29 is 0 Å². The molecule has 0 N–H and O–H groups in total. The Labute approximate surface area is 341 Å². The highest BCUT2D eigenvalue weighted by Crippen LogP contribution is 2.37. The van der Waals surface area contributed by atoms with Gasteiger partial charge in [0.05, 0.1) is 6.54 Å². The van der Waals surface area contributed by atoms with Gasteiger partial charge in [0.1, 0.15) is 0 Å². The molecule has 0 aliphatic rings. The number of rotatable bonds is 10. The zero-order valence-electron chi connectivity index (χ0n) is 33.4. The van der Waals surface area contributed by atoms with Crippen molar-refractivity contribution in [1.82, 2.24) is 15.0 Å². The van der Waals surface area contributed by atoms with Gasteiger partial charge in [-0.05, 0) is 71.6 Å². The fourth-order valence-corrected chi connectivity index (χ4v) is 7.42. The van der Waals surface area contributed by atoms with Crippen LogP contribution in [0.15, 0.2) is 174 Å². The second-order valence-corrected chi connectivity index (χ2v) is 14.7. The van der Waals surface area contributed by atoms with Crippen LogP contribution in [0.1, 0.15) is 58.7 Å². The first-order chi connectivity index (χ1) is 28.4. The van der Waals surface area contributed by atoms with Crippen molar-refractivity contribution in [2.45, 2.75) is 40.2 Å². The molecule has 0 fully saturated rings. The monoisotopic (exact) mass is 751 g/mol. The minimum atomic E-state index is 0.156. The molecule has 1 aromatic heterocycles. The van der Waals surface area contributed by atoms with Crippen LogP contribution in [0.4, 0.5) is 0 Å². The summed E-state index contributed by atoms with van der Waals surface area (Å²) in [6.45, 7) is 12.9. The first-order valence-electron chi connectivity index (χ1n) is 19.7. The van der Waals surface area contributed by atoms with E-state index in [0.29, 0.717) is 29.9 Å². The zero-order chi connectivity index (χ0) is 40.0. The SMILES string of the molecule is C=NC(=NCc1ccc(C)cc1)c1ccc(C(C)c2ccc3c(-c4ccc(-c5nc(-c6ccccc6)nc(-c6ccc(C)cc6)n5)cc4)cccc3c2/C=C\C)cc1. The molecule has 0 saturated heterocycles. The Morgan fingerprint density at radius 1 is 0.586 bits per heavy atom. The van der Waals surface area contributed by atoms with Crippen LogP contribution in [0.25, 0.3) is 62.1 Å². The van der Waals surface area contributed by atoms with Crippen LogP contribution >= 0.6 is 0 Å². The summed E-state index contributed by atoms with van der Waals surface area (Å²) in [5.74, 6) is 2.75. The van der Waals surface area contributed by atoms with Gasteiger partial charge in [-0.1, -0.05) is 188 Å². The number of benzene rings is 7. The molecule has 0 spiro atoms. The number of amidine groups is 1. The second-order valence-electron chi connectivity index (χ2n) is 14.7. The molecule has 282 valence electrons. The smallest absolute Gasteiger partial charge is 0.164 e. The summed E-state index contributed by atoms with van der Waals surface area (Å²) in [4.78, 5) is 23.8. The first-order valence-corrected chi connectivity index (χ1v) is 19.7. The maximum absolute atomic E-state index is 4.96. The number of allylic oxidation sites excluding steroid dienone is 1. The largest absolute Gasteiger partial charge is 0.261 e. The number of nitrogens with zero attached hydrogens (tertiary/aromatic N) is 5. The van der Waals surface area contributed by atoms with Gasteiger partial charge >= 0.3 is 0 Å². The van der Waals surface area contributed by atoms with E-state index < -0.39 is 0 Å². The van der Waals surface area contributed by atoms with Gasteiger partial charge in [0.2, 0.25) is 0 Å². The molecule has 0 aliphatic carbocycles. The Kier molecular flexibility index (Phi) is 11.0. The lowest BCUT2D eigenvalue weighted by Gasteiger charge is -2.19. The van der Waals surface area contributed by atoms with E-state index in [1.54, 1.807) is 0 Å². The lowest BCUT2D eigenvalue weighted by molar-refractivity contribution is 0.921. The van der Waals surface area contributed by atoms with Gasteiger partial charge in [-0.3, -0.25) is 4.99 Å². The molecule has 1 unspecified atom stereocenters. The molecule has 0 amide bonds. The van der Waals surface area contributed by atoms with E-state index in [9.17, 15) is 0 Å². The number of aliphatic imine (C=N–C) groups is 2. The van der Waals surface area contributed by atoms with E-state index in [4.69, 9.17) is 19.9 Å². The predicted molar refractivity (Wildman–Crippen MR) is 243 cm³/mol. The molecule has 0 saturated carbocycles. The number of fused-ring (bicyclic) bond motifs is 1. The maximum Gasteiger partial charge on any atom is 0.164 e. The molecule has 8 rings (SSSR count). The minimum Gasteiger partial charge on any atom is -0.261 e. The average molecular weight is 752 g/mol. The molecule has 58 heavy (non-hydrogen) atoms. The fourth-order valence-electron chi connectivity index (χ4n) is 7.42. The Morgan fingerprint density at radius 3 is 1.76 bits per heavy atom. The predicted octanol–water partition coefficient (Wildman–Crippen LogP) is 13.1. The van der Waals surface area contributed by atoms with Gasteiger partial charge in [0, 0.05) is 28.2 Å². The highest BCUT2D eigenvalue weighted by Gasteiger charge is 2.17.